The number of carbonyl (C=O) groups is 1. The lowest BCUT2D eigenvalue weighted by Gasteiger charge is -2.44. The number of rotatable bonds is 1. The van der Waals surface area contributed by atoms with Crippen molar-refractivity contribution in [1.82, 2.24) is 4.90 Å². The van der Waals surface area contributed by atoms with Crippen LogP contribution in [0.5, 0.6) is 0 Å². The van der Waals surface area contributed by atoms with Crippen molar-refractivity contribution < 1.29 is 4.79 Å². The Kier molecular flexibility index (Phi) is 1.37. The van der Waals surface area contributed by atoms with E-state index < -0.39 is 0 Å². The van der Waals surface area contributed by atoms with E-state index in [4.69, 9.17) is 0 Å². The normalized spacial score (nSPS) is 42.2. The third kappa shape index (κ3) is 0.939. The Labute approximate surface area is 72.9 Å². The summed E-state index contributed by atoms with van der Waals surface area (Å²) in [5.74, 6) is 0.957. The molecule has 0 spiro atoms. The summed E-state index contributed by atoms with van der Waals surface area (Å²) >= 11 is 0. The molecule has 0 N–H and O–H groups in total. The fourth-order valence-corrected chi connectivity index (χ4v) is 2.79. The molecular weight excluding hydrogens is 150 g/mol. The van der Waals surface area contributed by atoms with E-state index in [1.807, 2.05) is 0 Å². The number of nitrogens with zero attached hydrogens (tertiary/aromatic N) is 1. The zero-order valence-corrected chi connectivity index (χ0v) is 7.33. The molecule has 4 aliphatic rings. The predicted octanol–water partition coefficient (Wildman–Crippen LogP) is 1.20. The molecule has 2 saturated heterocycles. The van der Waals surface area contributed by atoms with E-state index in [-0.39, 0.29) is 0 Å². The molecule has 2 aliphatic heterocycles. The van der Waals surface area contributed by atoms with Crippen molar-refractivity contribution in [3.63, 3.8) is 0 Å². The van der Waals surface area contributed by atoms with Gasteiger partial charge in [-0.25, -0.2) is 0 Å². The van der Waals surface area contributed by atoms with E-state index in [0.29, 0.717) is 17.7 Å². The predicted molar refractivity (Wildman–Crippen MR) is 45.9 cm³/mol. The Balaban J connectivity index is 1.79. The summed E-state index contributed by atoms with van der Waals surface area (Å²) in [7, 11) is 0. The van der Waals surface area contributed by atoms with Gasteiger partial charge < -0.3 is 0 Å². The van der Waals surface area contributed by atoms with Gasteiger partial charge in [0.25, 0.3) is 0 Å². The molecule has 0 radical (unpaired) electrons. The van der Waals surface area contributed by atoms with Crippen molar-refractivity contribution in [1.29, 1.82) is 0 Å². The zero-order chi connectivity index (χ0) is 8.13. The second kappa shape index (κ2) is 2.32. The first-order valence-electron chi connectivity index (χ1n) is 5.13. The number of carbonyl (C=O) groups excluding carboxylic acids is 1. The fraction of sp³-hybridized carbons (Fsp3) is 0.900. The largest absolute Gasteiger partial charge is 0.299 e. The van der Waals surface area contributed by atoms with Crippen LogP contribution in [-0.2, 0) is 4.79 Å². The molecule has 4 rings (SSSR count). The van der Waals surface area contributed by atoms with Crippen LogP contribution in [0.2, 0.25) is 0 Å². The van der Waals surface area contributed by atoms with Gasteiger partial charge in [-0.2, -0.15) is 0 Å². The second-order valence-electron chi connectivity index (χ2n) is 4.53. The quantitative estimate of drug-likeness (QED) is 0.582. The lowest BCUT2D eigenvalue weighted by atomic mass is 9.79. The van der Waals surface area contributed by atoms with Crippen LogP contribution in [0.15, 0.2) is 0 Å². The molecule has 0 aromatic rings. The van der Waals surface area contributed by atoms with Gasteiger partial charge in [0.2, 0.25) is 0 Å². The standard InChI is InChI=1S/C10H15NO/c12-10-5-9-2-1-7(10)6-11(9)8-3-4-8/h7-9H,1-6H2. The number of Topliss-reactive ketones (excluding diaryl/α,β-unsaturated/α-hetero) is 1. The summed E-state index contributed by atoms with van der Waals surface area (Å²) in [5.41, 5.74) is 0. The molecule has 2 heterocycles. The number of hydrogen-bond acceptors (Lipinski definition) is 2. The molecule has 2 aliphatic carbocycles. The van der Waals surface area contributed by atoms with Gasteiger partial charge in [0.15, 0.2) is 0 Å². The Morgan fingerprint density at radius 1 is 1.08 bits per heavy atom. The maximum atomic E-state index is 11.4. The van der Waals surface area contributed by atoms with Crippen LogP contribution in [0.1, 0.15) is 32.1 Å². The highest BCUT2D eigenvalue weighted by Crippen LogP contribution is 2.39. The van der Waals surface area contributed by atoms with Gasteiger partial charge in [0, 0.05) is 31.0 Å². The van der Waals surface area contributed by atoms with E-state index in [0.717, 1.165) is 19.0 Å². The molecule has 0 amide bonds. The Bertz CT molecular complexity index is 222. The highest BCUT2D eigenvalue weighted by Gasteiger charge is 2.44. The van der Waals surface area contributed by atoms with Crippen LogP contribution >= 0.6 is 0 Å². The van der Waals surface area contributed by atoms with Gasteiger partial charge in [-0.15, -0.1) is 0 Å². The van der Waals surface area contributed by atoms with Crippen LogP contribution in [0, 0.1) is 5.92 Å². The second-order valence-corrected chi connectivity index (χ2v) is 4.53. The topological polar surface area (TPSA) is 20.3 Å². The Morgan fingerprint density at radius 2 is 1.83 bits per heavy atom. The smallest absolute Gasteiger partial charge is 0.138 e. The Hall–Kier alpha value is -0.370. The van der Waals surface area contributed by atoms with Crippen LogP contribution in [0.3, 0.4) is 0 Å². The molecule has 4 fully saturated rings. The highest BCUT2D eigenvalue weighted by atomic mass is 16.1. The minimum atomic E-state index is 0.413. The summed E-state index contributed by atoms with van der Waals surface area (Å²) in [4.78, 5) is 14.0. The average Bonchev–Trinajstić information content (AvgIpc) is 2.87. The van der Waals surface area contributed by atoms with Crippen LogP contribution in [0.25, 0.3) is 0 Å². The molecule has 0 aromatic carbocycles. The summed E-state index contributed by atoms with van der Waals surface area (Å²) in [6.07, 6.45) is 6.09. The SMILES string of the molecule is O=C1CC2CCC1CN2C1CC1. The molecule has 2 atom stereocenters. The van der Waals surface area contributed by atoms with Gasteiger partial charge in [0.05, 0.1) is 0 Å². The number of hydrogen-bond donors (Lipinski definition) is 0. The minimum Gasteiger partial charge on any atom is -0.299 e. The average molecular weight is 165 g/mol. The molecule has 66 valence electrons. The molecule has 2 saturated carbocycles. The van der Waals surface area contributed by atoms with Gasteiger partial charge in [0.1, 0.15) is 5.78 Å². The number of ketones is 1. The maximum Gasteiger partial charge on any atom is 0.138 e. The van der Waals surface area contributed by atoms with Gasteiger partial charge in [-0.1, -0.05) is 0 Å². The van der Waals surface area contributed by atoms with Crippen molar-refractivity contribution in [3.8, 4) is 0 Å². The molecule has 2 bridgehead atoms. The first kappa shape index (κ1) is 7.07. The lowest BCUT2D eigenvalue weighted by molar-refractivity contribution is -0.132. The lowest BCUT2D eigenvalue weighted by Crippen LogP contribution is -2.53. The number of piperidine rings is 2. The molecular formula is C10H15NO. The maximum absolute atomic E-state index is 11.4. The first-order chi connectivity index (χ1) is 5.84. The van der Waals surface area contributed by atoms with Gasteiger partial charge in [-0.3, -0.25) is 9.69 Å². The number of fused-ring (bicyclic) bond motifs is 3. The minimum absolute atomic E-state index is 0.413. The summed E-state index contributed by atoms with van der Waals surface area (Å²) in [6, 6.07) is 1.50. The van der Waals surface area contributed by atoms with Crippen molar-refractivity contribution >= 4 is 5.78 Å². The third-order valence-corrected chi connectivity index (χ3v) is 3.66. The van der Waals surface area contributed by atoms with Crippen LogP contribution < -0.4 is 0 Å². The summed E-state index contributed by atoms with van der Waals surface area (Å²) in [6.45, 7) is 1.09. The first-order valence-corrected chi connectivity index (χ1v) is 5.13. The summed E-state index contributed by atoms with van der Waals surface area (Å²) in [5, 5.41) is 0. The zero-order valence-electron chi connectivity index (χ0n) is 7.33. The van der Waals surface area contributed by atoms with Crippen LogP contribution in [-0.4, -0.2) is 29.3 Å². The third-order valence-electron chi connectivity index (χ3n) is 3.66. The molecule has 2 unspecified atom stereocenters. The molecule has 2 nitrogen and oxygen atoms in total. The van der Waals surface area contributed by atoms with Gasteiger partial charge >= 0.3 is 0 Å². The van der Waals surface area contributed by atoms with Crippen molar-refractivity contribution in [2.24, 2.45) is 5.92 Å². The van der Waals surface area contributed by atoms with E-state index in [9.17, 15) is 4.79 Å². The summed E-state index contributed by atoms with van der Waals surface area (Å²) < 4.78 is 0. The molecule has 0 aromatic heterocycles. The monoisotopic (exact) mass is 165 g/mol. The van der Waals surface area contributed by atoms with Crippen LogP contribution in [0.4, 0.5) is 0 Å². The highest BCUT2D eigenvalue weighted by molar-refractivity contribution is 5.83. The molecule has 2 heteroatoms. The van der Waals surface area contributed by atoms with Crippen molar-refractivity contribution in [2.75, 3.05) is 6.54 Å². The van der Waals surface area contributed by atoms with E-state index >= 15 is 0 Å². The van der Waals surface area contributed by atoms with Crippen molar-refractivity contribution in [2.45, 2.75) is 44.2 Å². The van der Waals surface area contributed by atoms with E-state index in [1.54, 1.807) is 0 Å². The Morgan fingerprint density at radius 3 is 2.33 bits per heavy atom. The van der Waals surface area contributed by atoms with Crippen molar-refractivity contribution in [3.05, 3.63) is 0 Å². The van der Waals surface area contributed by atoms with E-state index in [1.165, 1.54) is 25.7 Å². The molecule has 12 heavy (non-hydrogen) atoms. The fourth-order valence-electron chi connectivity index (χ4n) is 2.79. The van der Waals surface area contributed by atoms with Gasteiger partial charge in [-0.05, 0) is 25.7 Å². The van der Waals surface area contributed by atoms with E-state index in [2.05, 4.69) is 4.90 Å².